The maximum absolute atomic E-state index is 13.3. The van der Waals surface area contributed by atoms with Gasteiger partial charge in [-0.2, -0.15) is 0 Å². The van der Waals surface area contributed by atoms with Gasteiger partial charge in [-0.1, -0.05) is 12.2 Å². The maximum Gasteiger partial charge on any atom is 0.324 e. The van der Waals surface area contributed by atoms with Gasteiger partial charge >= 0.3 is 11.9 Å². The van der Waals surface area contributed by atoms with Crippen LogP contribution in [0.2, 0.25) is 0 Å². The molecule has 0 aromatic carbocycles. The largest absolute Gasteiger partial charge is 0.450 e. The van der Waals surface area contributed by atoms with Crippen molar-refractivity contribution in [1.29, 1.82) is 0 Å². The van der Waals surface area contributed by atoms with E-state index in [2.05, 4.69) is 6.08 Å². The number of esters is 2. The highest BCUT2D eigenvalue weighted by molar-refractivity contribution is 5.89. The minimum absolute atomic E-state index is 0.264. The Bertz CT molecular complexity index is 757. The van der Waals surface area contributed by atoms with Crippen LogP contribution in [0.3, 0.4) is 0 Å². The molecule has 4 aliphatic heterocycles. The fourth-order valence-electron chi connectivity index (χ4n) is 5.48. The van der Waals surface area contributed by atoms with E-state index in [9.17, 15) is 9.59 Å². The second kappa shape index (κ2) is 4.37. The lowest BCUT2D eigenvalue weighted by Gasteiger charge is -2.44. The molecule has 4 heterocycles. The molecule has 4 bridgehead atoms. The number of rotatable bonds is 1. The van der Waals surface area contributed by atoms with Crippen LogP contribution in [0.5, 0.6) is 0 Å². The van der Waals surface area contributed by atoms with Gasteiger partial charge in [0.2, 0.25) is 0 Å². The quantitative estimate of drug-likeness (QED) is 0.540. The normalized spacial score (nSPS) is 43.8. The molecule has 0 aromatic heterocycles. The van der Waals surface area contributed by atoms with Gasteiger partial charge in [-0.15, -0.1) is 0 Å². The Morgan fingerprint density at radius 2 is 2.04 bits per heavy atom. The van der Waals surface area contributed by atoms with Crippen LogP contribution in [0.4, 0.5) is 0 Å². The lowest BCUT2D eigenvalue weighted by Crippen LogP contribution is -2.55. The lowest BCUT2D eigenvalue weighted by molar-refractivity contribution is -0.175. The van der Waals surface area contributed by atoms with Crippen molar-refractivity contribution in [3.8, 4) is 0 Å². The summed E-state index contributed by atoms with van der Waals surface area (Å²) in [5.41, 5.74) is -2.14. The average molecular weight is 344 g/mol. The standard InChI is InChI=1S/C20H24O5/c1-17(2,3)15(21)23-14-12-6-4-10-20(12)13-7-11-18(24-13)8-5-9-19(14,18)16(22)25-20/h7,11,13H,4-6,8-10H2,1-3H3/t13-,18+,19+,20+/m0/s1. The highest BCUT2D eigenvalue weighted by Crippen LogP contribution is 2.67. The van der Waals surface area contributed by atoms with Crippen molar-refractivity contribution in [3.05, 3.63) is 23.5 Å². The first-order chi connectivity index (χ1) is 11.8. The molecule has 5 heteroatoms. The average Bonchev–Trinajstić information content (AvgIpc) is 3.21. The molecule has 2 saturated carbocycles. The van der Waals surface area contributed by atoms with Crippen LogP contribution >= 0.6 is 0 Å². The second-order valence-electron chi connectivity index (χ2n) is 9.13. The predicted octanol–water partition coefficient (Wildman–Crippen LogP) is 3.19. The Morgan fingerprint density at radius 3 is 2.80 bits per heavy atom. The van der Waals surface area contributed by atoms with Gasteiger partial charge in [0.05, 0.1) is 5.41 Å². The first-order valence-electron chi connectivity index (χ1n) is 9.32. The van der Waals surface area contributed by atoms with Gasteiger partial charge in [-0.3, -0.25) is 9.59 Å². The van der Waals surface area contributed by atoms with E-state index in [1.165, 1.54) is 0 Å². The maximum atomic E-state index is 13.3. The van der Waals surface area contributed by atoms with E-state index in [1.807, 2.05) is 26.8 Å². The van der Waals surface area contributed by atoms with Crippen LogP contribution < -0.4 is 0 Å². The molecule has 0 aromatic rings. The molecule has 0 amide bonds. The summed E-state index contributed by atoms with van der Waals surface area (Å²) in [5, 5.41) is 0. The summed E-state index contributed by atoms with van der Waals surface area (Å²) < 4.78 is 18.6. The van der Waals surface area contributed by atoms with Crippen LogP contribution in [-0.4, -0.2) is 29.2 Å². The Kier molecular flexibility index (Phi) is 2.73. The van der Waals surface area contributed by atoms with Crippen LogP contribution in [0.25, 0.3) is 0 Å². The highest BCUT2D eigenvalue weighted by atomic mass is 16.6. The molecule has 1 saturated heterocycles. The molecule has 134 valence electrons. The van der Waals surface area contributed by atoms with E-state index in [0.29, 0.717) is 12.2 Å². The summed E-state index contributed by atoms with van der Waals surface area (Å²) in [4.78, 5) is 26.0. The molecular weight excluding hydrogens is 320 g/mol. The fraction of sp³-hybridized carbons (Fsp3) is 0.700. The highest BCUT2D eigenvalue weighted by Gasteiger charge is 2.76. The van der Waals surface area contributed by atoms with E-state index < -0.39 is 22.0 Å². The zero-order valence-corrected chi connectivity index (χ0v) is 15.0. The molecule has 3 spiro atoms. The number of hydrogen-bond acceptors (Lipinski definition) is 5. The molecule has 5 nitrogen and oxygen atoms in total. The van der Waals surface area contributed by atoms with Crippen LogP contribution in [0.1, 0.15) is 59.3 Å². The van der Waals surface area contributed by atoms with Gasteiger partial charge in [0, 0.05) is 5.57 Å². The van der Waals surface area contributed by atoms with Crippen LogP contribution in [-0.2, 0) is 23.8 Å². The first-order valence-corrected chi connectivity index (χ1v) is 9.32. The van der Waals surface area contributed by atoms with Crippen molar-refractivity contribution in [3.63, 3.8) is 0 Å². The molecule has 25 heavy (non-hydrogen) atoms. The van der Waals surface area contributed by atoms with Crippen LogP contribution in [0, 0.1) is 10.8 Å². The monoisotopic (exact) mass is 344 g/mol. The minimum Gasteiger partial charge on any atom is -0.450 e. The van der Waals surface area contributed by atoms with E-state index in [1.54, 1.807) is 0 Å². The number of ether oxygens (including phenoxy) is 3. The third-order valence-electron chi connectivity index (χ3n) is 6.74. The summed E-state index contributed by atoms with van der Waals surface area (Å²) in [7, 11) is 0. The van der Waals surface area contributed by atoms with Crippen molar-refractivity contribution < 1.29 is 23.8 Å². The molecule has 0 N–H and O–H groups in total. The fourth-order valence-corrected chi connectivity index (χ4v) is 5.48. The predicted molar refractivity (Wildman–Crippen MR) is 88.3 cm³/mol. The summed E-state index contributed by atoms with van der Waals surface area (Å²) in [6.07, 6.45) is 8.51. The Hall–Kier alpha value is -1.62. The van der Waals surface area contributed by atoms with Gasteiger partial charge in [0.1, 0.15) is 17.5 Å². The molecular formula is C20H24O5. The molecule has 4 atom stereocenters. The van der Waals surface area contributed by atoms with Crippen molar-refractivity contribution in [2.24, 2.45) is 10.8 Å². The molecule has 2 aliphatic carbocycles. The Balaban J connectivity index is 1.76. The number of hydrogen-bond donors (Lipinski definition) is 0. The third-order valence-corrected chi connectivity index (χ3v) is 6.74. The second-order valence-corrected chi connectivity index (χ2v) is 9.13. The van der Waals surface area contributed by atoms with E-state index in [-0.39, 0.29) is 18.0 Å². The smallest absolute Gasteiger partial charge is 0.324 e. The summed E-state index contributed by atoms with van der Waals surface area (Å²) in [6.45, 7) is 5.51. The number of fused-ring (bicyclic) bond motifs is 1. The van der Waals surface area contributed by atoms with Gasteiger partial charge in [-0.25, -0.2) is 0 Å². The van der Waals surface area contributed by atoms with Crippen molar-refractivity contribution in [1.82, 2.24) is 0 Å². The first kappa shape index (κ1) is 15.6. The van der Waals surface area contributed by atoms with E-state index >= 15 is 0 Å². The van der Waals surface area contributed by atoms with Crippen molar-refractivity contribution >= 4 is 11.9 Å². The van der Waals surface area contributed by atoms with Crippen molar-refractivity contribution in [2.45, 2.75) is 76.6 Å². The molecule has 6 aliphatic rings. The molecule has 0 radical (unpaired) electrons. The molecule has 6 rings (SSSR count). The van der Waals surface area contributed by atoms with Gasteiger partial charge in [0.15, 0.2) is 11.0 Å². The Morgan fingerprint density at radius 1 is 1.24 bits per heavy atom. The summed E-state index contributed by atoms with van der Waals surface area (Å²) in [5.74, 6) is -0.00147. The van der Waals surface area contributed by atoms with Crippen LogP contribution in [0.15, 0.2) is 23.5 Å². The summed E-state index contributed by atoms with van der Waals surface area (Å²) in [6, 6.07) is 0. The molecule has 3 fully saturated rings. The zero-order chi connectivity index (χ0) is 17.7. The number of carbonyl (C=O) groups excluding carboxylic acids is 2. The Labute approximate surface area is 147 Å². The molecule has 0 unspecified atom stereocenters. The van der Waals surface area contributed by atoms with E-state index in [4.69, 9.17) is 14.2 Å². The van der Waals surface area contributed by atoms with E-state index in [0.717, 1.165) is 37.7 Å². The SMILES string of the molecule is CC(C)(C)C(=O)OC1=C2CCC[C@@]23OC(=O)[C@@]12CCC[C@@]21C=C[C@@H]3O1. The number of carbonyl (C=O) groups is 2. The third kappa shape index (κ3) is 1.59. The summed E-state index contributed by atoms with van der Waals surface area (Å²) >= 11 is 0. The van der Waals surface area contributed by atoms with Crippen molar-refractivity contribution in [2.75, 3.05) is 0 Å². The lowest BCUT2D eigenvalue weighted by atomic mass is 9.67. The van der Waals surface area contributed by atoms with Gasteiger partial charge in [-0.05, 0) is 59.3 Å². The zero-order valence-electron chi connectivity index (χ0n) is 15.0. The topological polar surface area (TPSA) is 61.8 Å². The minimum atomic E-state index is -1.00. The van der Waals surface area contributed by atoms with Gasteiger partial charge < -0.3 is 14.2 Å². The van der Waals surface area contributed by atoms with Gasteiger partial charge in [0.25, 0.3) is 0 Å².